The Bertz CT molecular complexity index is 244. The highest BCUT2D eigenvalue weighted by Crippen LogP contribution is 2.05. The summed E-state index contributed by atoms with van der Waals surface area (Å²) in [7, 11) is 0. The van der Waals surface area contributed by atoms with Crippen molar-refractivity contribution in [1.82, 2.24) is 0 Å². The fourth-order valence-corrected chi connectivity index (χ4v) is 0.898. The molecule has 0 fully saturated rings. The van der Waals surface area contributed by atoms with E-state index in [2.05, 4.69) is 4.74 Å². The van der Waals surface area contributed by atoms with E-state index in [1.165, 1.54) is 6.92 Å². The minimum absolute atomic E-state index is 0.00159. The van der Waals surface area contributed by atoms with Crippen molar-refractivity contribution in [2.45, 2.75) is 32.8 Å². The number of nitriles is 1. The first-order chi connectivity index (χ1) is 6.60. The van der Waals surface area contributed by atoms with Gasteiger partial charge in [-0.15, -0.1) is 0 Å². The van der Waals surface area contributed by atoms with Crippen LogP contribution < -0.4 is 0 Å². The molecule has 0 aromatic heterocycles. The fourth-order valence-electron chi connectivity index (χ4n) is 0.898. The molecule has 0 aliphatic rings. The van der Waals surface area contributed by atoms with Crippen molar-refractivity contribution in [2.24, 2.45) is 0 Å². The second-order valence-electron chi connectivity index (χ2n) is 2.60. The molecule has 0 aliphatic carbocycles. The van der Waals surface area contributed by atoms with E-state index in [1.54, 1.807) is 6.92 Å². The van der Waals surface area contributed by atoms with E-state index < -0.39 is 18.0 Å². The maximum absolute atomic E-state index is 11.0. The van der Waals surface area contributed by atoms with Crippen LogP contribution in [0.25, 0.3) is 0 Å². The first kappa shape index (κ1) is 12.4. The number of carbonyl (C=O) groups is 2. The zero-order valence-corrected chi connectivity index (χ0v) is 8.28. The number of hydrogen-bond donors (Lipinski definition) is 0. The molecule has 0 radical (unpaired) electrons. The Hall–Kier alpha value is -1.57. The molecular formula is C9H13NO4. The van der Waals surface area contributed by atoms with Crippen LogP contribution in [-0.2, 0) is 19.1 Å². The van der Waals surface area contributed by atoms with E-state index in [9.17, 15) is 9.59 Å². The molecule has 5 nitrogen and oxygen atoms in total. The van der Waals surface area contributed by atoms with Crippen LogP contribution in [0.1, 0.15) is 26.7 Å². The third kappa shape index (κ3) is 6.00. The fraction of sp³-hybridized carbons (Fsp3) is 0.667. The summed E-state index contributed by atoms with van der Waals surface area (Å²) in [5.74, 6) is -0.969. The van der Waals surface area contributed by atoms with E-state index in [4.69, 9.17) is 10.00 Å². The third-order valence-electron chi connectivity index (χ3n) is 1.35. The minimum Gasteiger partial charge on any atom is -0.466 e. The van der Waals surface area contributed by atoms with Crippen LogP contribution in [0.15, 0.2) is 0 Å². The number of rotatable bonds is 5. The summed E-state index contributed by atoms with van der Waals surface area (Å²) < 4.78 is 9.41. The van der Waals surface area contributed by atoms with Gasteiger partial charge >= 0.3 is 11.9 Å². The first-order valence-electron chi connectivity index (χ1n) is 4.30. The molecule has 0 amide bonds. The van der Waals surface area contributed by atoms with E-state index in [0.717, 1.165) is 0 Å². The highest BCUT2D eigenvalue weighted by atomic mass is 16.6. The average Bonchev–Trinajstić information content (AvgIpc) is 2.03. The van der Waals surface area contributed by atoms with Crippen molar-refractivity contribution >= 4 is 11.9 Å². The van der Waals surface area contributed by atoms with Gasteiger partial charge in [-0.1, -0.05) is 0 Å². The Morgan fingerprint density at radius 1 is 1.50 bits per heavy atom. The molecule has 0 aromatic carbocycles. The van der Waals surface area contributed by atoms with Crippen molar-refractivity contribution in [3.63, 3.8) is 0 Å². The van der Waals surface area contributed by atoms with E-state index in [-0.39, 0.29) is 19.4 Å². The third-order valence-corrected chi connectivity index (χ3v) is 1.35. The Morgan fingerprint density at radius 3 is 2.57 bits per heavy atom. The molecule has 0 saturated heterocycles. The Kier molecular flexibility index (Phi) is 6.12. The molecule has 0 aromatic rings. The van der Waals surface area contributed by atoms with E-state index in [1.807, 2.05) is 6.07 Å². The molecule has 14 heavy (non-hydrogen) atoms. The molecule has 0 spiro atoms. The predicted octanol–water partition coefficient (Wildman–Crippen LogP) is 0.785. The molecule has 0 unspecified atom stereocenters. The lowest BCUT2D eigenvalue weighted by Gasteiger charge is -2.12. The molecule has 1 atom stereocenters. The van der Waals surface area contributed by atoms with Crippen molar-refractivity contribution in [2.75, 3.05) is 6.61 Å². The molecule has 0 aliphatic heterocycles. The molecule has 0 bridgehead atoms. The molecule has 0 heterocycles. The van der Waals surface area contributed by atoms with Crippen molar-refractivity contribution in [3.8, 4) is 6.07 Å². The van der Waals surface area contributed by atoms with Crippen LogP contribution in [0.5, 0.6) is 0 Å². The van der Waals surface area contributed by atoms with Crippen LogP contribution in [0.2, 0.25) is 0 Å². The van der Waals surface area contributed by atoms with Crippen LogP contribution in [-0.4, -0.2) is 24.6 Å². The largest absolute Gasteiger partial charge is 0.466 e. The summed E-state index contributed by atoms with van der Waals surface area (Å²) >= 11 is 0. The van der Waals surface area contributed by atoms with E-state index in [0.29, 0.717) is 0 Å². The van der Waals surface area contributed by atoms with Crippen molar-refractivity contribution < 1.29 is 19.1 Å². The Morgan fingerprint density at radius 2 is 2.14 bits per heavy atom. The molecular weight excluding hydrogens is 186 g/mol. The van der Waals surface area contributed by atoms with Gasteiger partial charge in [0.25, 0.3) is 0 Å². The number of esters is 2. The van der Waals surface area contributed by atoms with Gasteiger partial charge in [0.1, 0.15) is 6.10 Å². The van der Waals surface area contributed by atoms with Crippen molar-refractivity contribution in [1.29, 1.82) is 5.26 Å². The number of ether oxygens (including phenoxy) is 2. The molecule has 0 rings (SSSR count). The van der Waals surface area contributed by atoms with Crippen LogP contribution in [0.4, 0.5) is 0 Å². The van der Waals surface area contributed by atoms with Gasteiger partial charge in [-0.05, 0) is 6.92 Å². The molecule has 0 saturated carbocycles. The lowest BCUT2D eigenvalue weighted by Crippen LogP contribution is -2.21. The number of nitrogens with zero attached hydrogens (tertiary/aromatic N) is 1. The monoisotopic (exact) mass is 199 g/mol. The summed E-state index contributed by atoms with van der Waals surface area (Å²) in [6.07, 6.45) is -0.768. The summed E-state index contributed by atoms with van der Waals surface area (Å²) in [6.45, 7) is 3.19. The average molecular weight is 199 g/mol. The maximum atomic E-state index is 11.0. The number of carbonyl (C=O) groups excluding carboxylic acids is 2. The standard InChI is InChI=1S/C9H13NO4/c1-3-13-9(12)6-8(4-5-10)14-7(2)11/h8H,3-4,6H2,1-2H3/t8-/m1/s1. The topological polar surface area (TPSA) is 76.4 Å². The number of hydrogen-bond acceptors (Lipinski definition) is 5. The van der Waals surface area contributed by atoms with Crippen LogP contribution in [0, 0.1) is 11.3 Å². The summed E-state index contributed by atoms with van der Waals surface area (Å²) in [5.41, 5.74) is 0. The predicted molar refractivity (Wildman–Crippen MR) is 47.0 cm³/mol. The second-order valence-corrected chi connectivity index (χ2v) is 2.60. The van der Waals surface area contributed by atoms with Gasteiger partial charge < -0.3 is 9.47 Å². The zero-order valence-electron chi connectivity index (χ0n) is 8.28. The Labute approximate surface area is 82.6 Å². The highest BCUT2D eigenvalue weighted by molar-refractivity contribution is 5.71. The second kappa shape index (κ2) is 6.89. The van der Waals surface area contributed by atoms with Crippen LogP contribution in [0.3, 0.4) is 0 Å². The zero-order chi connectivity index (χ0) is 11.0. The van der Waals surface area contributed by atoms with Gasteiger partial charge in [0.05, 0.1) is 25.5 Å². The van der Waals surface area contributed by atoms with Gasteiger partial charge in [-0.2, -0.15) is 5.26 Å². The summed E-state index contributed by atoms with van der Waals surface area (Å²) in [6, 6.07) is 1.84. The molecule has 0 N–H and O–H groups in total. The maximum Gasteiger partial charge on any atom is 0.309 e. The first-order valence-corrected chi connectivity index (χ1v) is 4.30. The van der Waals surface area contributed by atoms with Crippen molar-refractivity contribution in [3.05, 3.63) is 0 Å². The smallest absolute Gasteiger partial charge is 0.309 e. The normalized spacial score (nSPS) is 11.2. The highest BCUT2D eigenvalue weighted by Gasteiger charge is 2.17. The minimum atomic E-state index is -0.698. The van der Waals surface area contributed by atoms with Gasteiger partial charge in [0.2, 0.25) is 0 Å². The van der Waals surface area contributed by atoms with Gasteiger partial charge in [-0.3, -0.25) is 9.59 Å². The quantitative estimate of drug-likeness (QED) is 0.611. The van der Waals surface area contributed by atoms with E-state index >= 15 is 0 Å². The van der Waals surface area contributed by atoms with Gasteiger partial charge in [0, 0.05) is 6.92 Å². The van der Waals surface area contributed by atoms with Crippen LogP contribution >= 0.6 is 0 Å². The van der Waals surface area contributed by atoms with Gasteiger partial charge in [0.15, 0.2) is 0 Å². The molecule has 5 heteroatoms. The summed E-state index contributed by atoms with van der Waals surface area (Å²) in [4.78, 5) is 21.6. The van der Waals surface area contributed by atoms with Gasteiger partial charge in [-0.25, -0.2) is 0 Å². The SMILES string of the molecule is CCOC(=O)C[C@@H](CC#N)OC(C)=O. The lowest BCUT2D eigenvalue weighted by atomic mass is 10.2. The Balaban J connectivity index is 4.02. The molecule has 78 valence electrons. The summed E-state index contributed by atoms with van der Waals surface area (Å²) in [5, 5.41) is 8.40. The lowest BCUT2D eigenvalue weighted by molar-refractivity contribution is -0.152.